The number of hydrogen-bond donors (Lipinski definition) is 1. The Kier molecular flexibility index (Phi) is 4.69. The molecule has 18 heavy (non-hydrogen) atoms. The summed E-state index contributed by atoms with van der Waals surface area (Å²) in [6, 6.07) is 8.23. The number of aromatic nitrogens is 2. The lowest BCUT2D eigenvalue weighted by Crippen LogP contribution is -2.18. The summed E-state index contributed by atoms with van der Waals surface area (Å²) in [7, 11) is 3.91. The minimum Gasteiger partial charge on any atom is -0.312 e. The molecule has 0 fully saturated rings. The van der Waals surface area contributed by atoms with E-state index in [4.69, 9.17) is 11.6 Å². The molecule has 96 valence electrons. The van der Waals surface area contributed by atoms with E-state index in [1.54, 1.807) is 0 Å². The molecule has 1 atom stereocenters. The van der Waals surface area contributed by atoms with E-state index in [0.717, 1.165) is 10.8 Å². The first-order valence-electron chi connectivity index (χ1n) is 5.73. The summed E-state index contributed by atoms with van der Waals surface area (Å²) < 4.78 is 1.83. The second-order valence-electron chi connectivity index (χ2n) is 4.05. The van der Waals surface area contributed by atoms with Crippen LogP contribution in [0.1, 0.15) is 11.6 Å². The van der Waals surface area contributed by atoms with Crippen LogP contribution in [-0.4, -0.2) is 22.6 Å². The van der Waals surface area contributed by atoms with E-state index in [0.29, 0.717) is 6.04 Å². The maximum Gasteiger partial charge on any atom is 0.0537 e. The largest absolute Gasteiger partial charge is 0.312 e. The van der Waals surface area contributed by atoms with Gasteiger partial charge in [0.25, 0.3) is 0 Å². The second kappa shape index (κ2) is 6.27. The highest BCUT2D eigenvalue weighted by atomic mass is 35.5. The molecule has 1 unspecified atom stereocenters. The van der Waals surface area contributed by atoms with Gasteiger partial charge >= 0.3 is 0 Å². The van der Waals surface area contributed by atoms with E-state index in [2.05, 4.69) is 10.4 Å². The zero-order valence-electron chi connectivity index (χ0n) is 10.4. The lowest BCUT2D eigenvalue weighted by atomic mass is 10.2. The van der Waals surface area contributed by atoms with E-state index in [-0.39, 0.29) is 0 Å². The molecule has 1 N–H and O–H groups in total. The highest BCUT2D eigenvalue weighted by Crippen LogP contribution is 2.25. The van der Waals surface area contributed by atoms with Crippen LogP contribution in [0, 0.1) is 0 Å². The Morgan fingerprint density at radius 2 is 2.11 bits per heavy atom. The SMILES string of the molecule is CNC(CSc1ccc(Cl)cc1)c1cnn(C)c1. The summed E-state index contributed by atoms with van der Waals surface area (Å²) in [6.45, 7) is 0. The molecule has 5 heteroatoms. The van der Waals surface area contributed by atoms with E-state index < -0.39 is 0 Å². The van der Waals surface area contributed by atoms with Crippen molar-refractivity contribution in [3.63, 3.8) is 0 Å². The first-order valence-corrected chi connectivity index (χ1v) is 7.09. The van der Waals surface area contributed by atoms with E-state index in [9.17, 15) is 0 Å². The van der Waals surface area contributed by atoms with Crippen molar-refractivity contribution in [2.45, 2.75) is 10.9 Å². The maximum atomic E-state index is 5.87. The fourth-order valence-electron chi connectivity index (χ4n) is 1.68. The quantitative estimate of drug-likeness (QED) is 0.854. The highest BCUT2D eigenvalue weighted by Gasteiger charge is 2.11. The molecule has 0 amide bonds. The van der Waals surface area contributed by atoms with Crippen molar-refractivity contribution < 1.29 is 0 Å². The molecule has 1 heterocycles. The lowest BCUT2D eigenvalue weighted by Gasteiger charge is -2.13. The average Bonchev–Trinajstić information content (AvgIpc) is 2.79. The highest BCUT2D eigenvalue weighted by molar-refractivity contribution is 7.99. The van der Waals surface area contributed by atoms with Crippen molar-refractivity contribution >= 4 is 23.4 Å². The van der Waals surface area contributed by atoms with Gasteiger partial charge in [-0.1, -0.05) is 11.6 Å². The van der Waals surface area contributed by atoms with Gasteiger partial charge < -0.3 is 5.32 Å². The van der Waals surface area contributed by atoms with Crippen LogP contribution in [0.5, 0.6) is 0 Å². The molecule has 0 radical (unpaired) electrons. The van der Waals surface area contributed by atoms with Gasteiger partial charge in [-0.25, -0.2) is 0 Å². The number of aryl methyl sites for hydroxylation is 1. The predicted molar refractivity (Wildman–Crippen MR) is 77.2 cm³/mol. The molecule has 2 aromatic rings. The summed E-state index contributed by atoms with van der Waals surface area (Å²) in [5, 5.41) is 8.29. The van der Waals surface area contributed by atoms with Gasteiger partial charge in [0.2, 0.25) is 0 Å². The molecule has 0 saturated carbocycles. The predicted octanol–water partition coefficient (Wildman–Crippen LogP) is 3.13. The van der Waals surface area contributed by atoms with Gasteiger partial charge in [0.15, 0.2) is 0 Å². The first kappa shape index (κ1) is 13.5. The molecule has 0 aliphatic rings. The molecule has 2 rings (SSSR count). The smallest absolute Gasteiger partial charge is 0.0537 e. The number of nitrogens with zero attached hydrogens (tertiary/aromatic N) is 2. The van der Waals surface area contributed by atoms with Gasteiger partial charge in [0.1, 0.15) is 0 Å². The topological polar surface area (TPSA) is 29.9 Å². The van der Waals surface area contributed by atoms with Crippen LogP contribution in [0.4, 0.5) is 0 Å². The van der Waals surface area contributed by atoms with Gasteiger partial charge in [-0.2, -0.15) is 5.10 Å². The van der Waals surface area contributed by atoms with Crippen LogP contribution in [-0.2, 0) is 7.05 Å². The molecule has 3 nitrogen and oxygen atoms in total. The fraction of sp³-hybridized carbons (Fsp3) is 0.308. The Morgan fingerprint density at radius 1 is 1.39 bits per heavy atom. The lowest BCUT2D eigenvalue weighted by molar-refractivity contribution is 0.660. The Labute approximate surface area is 117 Å². The van der Waals surface area contributed by atoms with E-state index >= 15 is 0 Å². The van der Waals surface area contributed by atoms with E-state index in [1.807, 2.05) is 67.2 Å². The van der Waals surface area contributed by atoms with Crippen LogP contribution in [0.3, 0.4) is 0 Å². The van der Waals surface area contributed by atoms with Crippen LogP contribution in [0.2, 0.25) is 5.02 Å². The van der Waals surface area contributed by atoms with Gasteiger partial charge in [0.05, 0.1) is 6.20 Å². The van der Waals surface area contributed by atoms with Crippen LogP contribution in [0.25, 0.3) is 0 Å². The number of thioether (sulfide) groups is 1. The summed E-state index contributed by atoms with van der Waals surface area (Å²) in [5.41, 5.74) is 1.21. The van der Waals surface area contributed by atoms with Crippen molar-refractivity contribution in [3.8, 4) is 0 Å². The first-order chi connectivity index (χ1) is 8.69. The molecule has 0 bridgehead atoms. The third-order valence-electron chi connectivity index (χ3n) is 2.71. The van der Waals surface area contributed by atoms with Crippen molar-refractivity contribution in [2.75, 3.05) is 12.8 Å². The Bertz CT molecular complexity index is 495. The molecule has 1 aromatic heterocycles. The van der Waals surface area contributed by atoms with Gasteiger partial charge in [-0.3, -0.25) is 4.68 Å². The zero-order valence-corrected chi connectivity index (χ0v) is 12.0. The molecular formula is C13H16ClN3S. The number of nitrogens with one attached hydrogen (secondary N) is 1. The molecule has 0 aliphatic heterocycles. The number of hydrogen-bond acceptors (Lipinski definition) is 3. The summed E-state index contributed by atoms with van der Waals surface area (Å²) in [4.78, 5) is 1.23. The van der Waals surface area contributed by atoms with Gasteiger partial charge in [-0.05, 0) is 31.3 Å². The number of benzene rings is 1. The normalized spacial score (nSPS) is 12.6. The molecule has 0 saturated heterocycles. The van der Waals surface area contributed by atoms with Crippen LogP contribution in [0.15, 0.2) is 41.6 Å². The van der Waals surface area contributed by atoms with Crippen molar-refractivity contribution in [1.29, 1.82) is 0 Å². The molecule has 1 aromatic carbocycles. The Morgan fingerprint density at radius 3 is 2.67 bits per heavy atom. The molecule has 0 spiro atoms. The zero-order chi connectivity index (χ0) is 13.0. The van der Waals surface area contributed by atoms with Crippen LogP contribution >= 0.6 is 23.4 Å². The van der Waals surface area contributed by atoms with Crippen molar-refractivity contribution in [2.24, 2.45) is 7.05 Å². The molecular weight excluding hydrogens is 266 g/mol. The van der Waals surface area contributed by atoms with Gasteiger partial charge in [-0.15, -0.1) is 11.8 Å². The summed E-state index contributed by atoms with van der Waals surface area (Å²) in [5.74, 6) is 0.962. The standard InChI is InChI=1S/C13H16ClN3S/c1-15-13(10-7-16-17(2)8-10)9-18-12-5-3-11(14)4-6-12/h3-8,13,15H,9H2,1-2H3. The number of rotatable bonds is 5. The number of halogens is 1. The Hall–Kier alpha value is -0.970. The summed E-state index contributed by atoms with van der Waals surface area (Å²) in [6.07, 6.45) is 3.95. The molecule has 0 aliphatic carbocycles. The monoisotopic (exact) mass is 281 g/mol. The Balaban J connectivity index is 1.97. The van der Waals surface area contributed by atoms with Crippen molar-refractivity contribution in [3.05, 3.63) is 47.2 Å². The average molecular weight is 282 g/mol. The summed E-state index contributed by atoms with van der Waals surface area (Å²) >= 11 is 7.68. The third-order valence-corrected chi connectivity index (χ3v) is 4.06. The van der Waals surface area contributed by atoms with Gasteiger partial charge in [0, 0.05) is 40.5 Å². The van der Waals surface area contributed by atoms with E-state index in [1.165, 1.54) is 10.5 Å². The third kappa shape index (κ3) is 3.51. The fourth-order valence-corrected chi connectivity index (χ4v) is 2.85. The minimum atomic E-state index is 0.305. The minimum absolute atomic E-state index is 0.305. The van der Waals surface area contributed by atoms with Crippen LogP contribution < -0.4 is 5.32 Å². The second-order valence-corrected chi connectivity index (χ2v) is 5.58. The van der Waals surface area contributed by atoms with Crippen molar-refractivity contribution in [1.82, 2.24) is 15.1 Å². The maximum absolute atomic E-state index is 5.87.